The molecule has 10 heteroatoms. The van der Waals surface area contributed by atoms with Gasteiger partial charge in [0.15, 0.2) is 0 Å². The second kappa shape index (κ2) is 10.3. The van der Waals surface area contributed by atoms with E-state index in [0.29, 0.717) is 41.9 Å². The van der Waals surface area contributed by atoms with Gasteiger partial charge in [-0.15, -0.1) is 0 Å². The van der Waals surface area contributed by atoms with Crippen LogP contribution in [0.4, 0.5) is 14.5 Å². The predicted molar refractivity (Wildman–Crippen MR) is 115 cm³/mol. The normalized spacial score (nSPS) is 15.6. The fourth-order valence-corrected chi connectivity index (χ4v) is 3.66. The zero-order valence-corrected chi connectivity index (χ0v) is 18.2. The number of hydrogen-bond acceptors (Lipinski definition) is 4. The van der Waals surface area contributed by atoms with Gasteiger partial charge in [0.1, 0.15) is 5.75 Å². The van der Waals surface area contributed by atoms with E-state index in [0.717, 1.165) is 0 Å². The fourth-order valence-electron chi connectivity index (χ4n) is 3.32. The first-order chi connectivity index (χ1) is 14.8. The monoisotopic (exact) mass is 471 g/mol. The standard InChI is InChI=1S/C21H21Cl2F2N3O3/c1-13(19(29)26-17-12-14(22)6-7-16(17)23)27-8-10-28(11-9-27)20(30)15-4-2-3-5-18(15)31-21(24)25/h2-7,12-13,21H,8-11H2,1H3,(H,26,29). The largest absolute Gasteiger partial charge is 0.434 e. The molecule has 1 aliphatic heterocycles. The molecule has 2 amide bonds. The fraction of sp³-hybridized carbons (Fsp3) is 0.333. The van der Waals surface area contributed by atoms with Gasteiger partial charge in [-0.3, -0.25) is 14.5 Å². The minimum absolute atomic E-state index is 0.0811. The number of nitrogens with one attached hydrogen (secondary N) is 1. The van der Waals surface area contributed by atoms with E-state index in [9.17, 15) is 18.4 Å². The third-order valence-electron chi connectivity index (χ3n) is 5.05. The van der Waals surface area contributed by atoms with Gasteiger partial charge in [0.25, 0.3) is 5.91 Å². The van der Waals surface area contributed by atoms with Crippen LogP contribution in [0.2, 0.25) is 10.0 Å². The molecule has 0 aromatic heterocycles. The zero-order valence-electron chi connectivity index (χ0n) is 16.7. The smallest absolute Gasteiger partial charge is 0.387 e. The molecule has 0 bridgehead atoms. The average Bonchev–Trinajstić information content (AvgIpc) is 2.75. The molecule has 3 rings (SSSR count). The van der Waals surface area contributed by atoms with E-state index in [1.807, 2.05) is 4.90 Å². The maximum absolute atomic E-state index is 12.8. The van der Waals surface area contributed by atoms with Crippen molar-refractivity contribution in [2.24, 2.45) is 0 Å². The summed E-state index contributed by atoms with van der Waals surface area (Å²) >= 11 is 12.1. The maximum Gasteiger partial charge on any atom is 0.387 e. The highest BCUT2D eigenvalue weighted by Gasteiger charge is 2.29. The van der Waals surface area contributed by atoms with Crippen molar-refractivity contribution in [1.29, 1.82) is 0 Å². The van der Waals surface area contributed by atoms with Gasteiger partial charge in [-0.2, -0.15) is 8.78 Å². The van der Waals surface area contributed by atoms with Crippen LogP contribution in [0.25, 0.3) is 0 Å². The number of para-hydroxylation sites is 1. The van der Waals surface area contributed by atoms with Crippen molar-refractivity contribution < 1.29 is 23.1 Å². The Kier molecular flexibility index (Phi) is 7.69. The predicted octanol–water partition coefficient (Wildman–Crippen LogP) is 4.38. The number of hydrogen-bond donors (Lipinski definition) is 1. The molecule has 1 unspecified atom stereocenters. The first-order valence-electron chi connectivity index (χ1n) is 9.59. The molecule has 31 heavy (non-hydrogen) atoms. The lowest BCUT2D eigenvalue weighted by atomic mass is 10.1. The molecule has 0 radical (unpaired) electrons. The van der Waals surface area contributed by atoms with E-state index in [-0.39, 0.29) is 17.2 Å². The third-order valence-corrected chi connectivity index (χ3v) is 5.61. The lowest BCUT2D eigenvalue weighted by Gasteiger charge is -2.37. The highest BCUT2D eigenvalue weighted by Crippen LogP contribution is 2.26. The van der Waals surface area contributed by atoms with E-state index >= 15 is 0 Å². The Balaban J connectivity index is 1.59. The van der Waals surface area contributed by atoms with Gasteiger partial charge in [0, 0.05) is 31.2 Å². The first kappa shape index (κ1) is 23.2. The molecule has 1 saturated heterocycles. The van der Waals surface area contributed by atoms with Crippen LogP contribution < -0.4 is 10.1 Å². The quantitative estimate of drug-likeness (QED) is 0.678. The number of halogens is 4. The van der Waals surface area contributed by atoms with Crippen molar-refractivity contribution in [3.05, 3.63) is 58.1 Å². The van der Waals surface area contributed by atoms with Gasteiger partial charge in [0.2, 0.25) is 5.91 Å². The average molecular weight is 472 g/mol. The lowest BCUT2D eigenvalue weighted by molar-refractivity contribution is -0.121. The Morgan fingerprint density at radius 1 is 1.06 bits per heavy atom. The van der Waals surface area contributed by atoms with Crippen molar-refractivity contribution in [2.45, 2.75) is 19.6 Å². The van der Waals surface area contributed by atoms with Crippen LogP contribution in [0.1, 0.15) is 17.3 Å². The third kappa shape index (κ3) is 5.84. The topological polar surface area (TPSA) is 61.9 Å². The summed E-state index contributed by atoms with van der Waals surface area (Å²) in [7, 11) is 0. The van der Waals surface area contributed by atoms with E-state index in [1.54, 1.807) is 36.1 Å². The number of rotatable bonds is 6. The van der Waals surface area contributed by atoms with Crippen molar-refractivity contribution in [1.82, 2.24) is 9.80 Å². The maximum atomic E-state index is 12.8. The molecule has 0 aliphatic carbocycles. The zero-order chi connectivity index (χ0) is 22.5. The number of ether oxygens (including phenoxy) is 1. The summed E-state index contributed by atoms with van der Waals surface area (Å²) in [5.74, 6) is -0.797. The van der Waals surface area contributed by atoms with Gasteiger partial charge < -0.3 is 15.0 Å². The second-order valence-electron chi connectivity index (χ2n) is 6.99. The number of piperazine rings is 1. The van der Waals surface area contributed by atoms with Gasteiger partial charge in [-0.1, -0.05) is 35.3 Å². The number of alkyl halides is 2. The molecule has 166 valence electrons. The number of amides is 2. The van der Waals surface area contributed by atoms with Crippen LogP contribution in [0, 0.1) is 0 Å². The van der Waals surface area contributed by atoms with Crippen LogP contribution in [0.3, 0.4) is 0 Å². The molecule has 0 saturated carbocycles. The van der Waals surface area contributed by atoms with Crippen molar-refractivity contribution in [2.75, 3.05) is 31.5 Å². The van der Waals surface area contributed by atoms with E-state index in [4.69, 9.17) is 23.2 Å². The highest BCUT2D eigenvalue weighted by atomic mass is 35.5. The summed E-state index contributed by atoms with van der Waals surface area (Å²) in [5, 5.41) is 3.60. The molecule has 6 nitrogen and oxygen atoms in total. The Labute approximate surface area is 188 Å². The summed E-state index contributed by atoms with van der Waals surface area (Å²) in [6.45, 7) is 0.326. The number of benzene rings is 2. The first-order valence-corrected chi connectivity index (χ1v) is 10.3. The van der Waals surface area contributed by atoms with Gasteiger partial charge in [0.05, 0.1) is 22.3 Å². The summed E-state index contributed by atoms with van der Waals surface area (Å²) in [6.07, 6.45) is 0. The summed E-state index contributed by atoms with van der Waals surface area (Å²) < 4.78 is 29.7. The molecule has 2 aromatic carbocycles. The SMILES string of the molecule is CC(C(=O)Nc1cc(Cl)ccc1Cl)N1CCN(C(=O)c2ccccc2OC(F)F)CC1. The molecule has 2 aromatic rings. The van der Waals surface area contributed by atoms with Gasteiger partial charge in [-0.05, 0) is 37.3 Å². The molecular formula is C21H21Cl2F2N3O3. The van der Waals surface area contributed by atoms with Crippen LogP contribution in [-0.4, -0.2) is 60.4 Å². The Morgan fingerprint density at radius 3 is 2.42 bits per heavy atom. The van der Waals surface area contributed by atoms with Crippen LogP contribution in [0.15, 0.2) is 42.5 Å². The van der Waals surface area contributed by atoms with Crippen molar-refractivity contribution >= 4 is 40.7 Å². The molecule has 0 spiro atoms. The summed E-state index contributed by atoms with van der Waals surface area (Å²) in [5.41, 5.74) is 0.508. The molecule has 1 heterocycles. The van der Waals surface area contributed by atoms with Gasteiger partial charge >= 0.3 is 6.61 Å². The van der Waals surface area contributed by atoms with E-state index in [1.165, 1.54) is 18.2 Å². The minimum atomic E-state index is -3.02. The van der Waals surface area contributed by atoms with Crippen LogP contribution in [-0.2, 0) is 4.79 Å². The lowest BCUT2D eigenvalue weighted by Crippen LogP contribution is -2.54. The number of carbonyl (C=O) groups is 2. The van der Waals surface area contributed by atoms with E-state index < -0.39 is 18.6 Å². The second-order valence-corrected chi connectivity index (χ2v) is 7.84. The van der Waals surface area contributed by atoms with E-state index in [2.05, 4.69) is 10.1 Å². The molecular weight excluding hydrogens is 451 g/mol. The summed E-state index contributed by atoms with van der Waals surface area (Å²) in [6, 6.07) is 10.2. The Hall–Kier alpha value is -2.42. The summed E-state index contributed by atoms with van der Waals surface area (Å²) in [4.78, 5) is 28.9. The number of carbonyl (C=O) groups excluding carboxylic acids is 2. The molecule has 1 aliphatic rings. The molecule has 1 N–H and O–H groups in total. The van der Waals surface area contributed by atoms with Crippen molar-refractivity contribution in [3.8, 4) is 5.75 Å². The Morgan fingerprint density at radius 2 is 1.74 bits per heavy atom. The van der Waals surface area contributed by atoms with Gasteiger partial charge in [-0.25, -0.2) is 0 Å². The highest BCUT2D eigenvalue weighted by molar-refractivity contribution is 6.35. The number of nitrogens with zero attached hydrogens (tertiary/aromatic N) is 2. The van der Waals surface area contributed by atoms with Crippen LogP contribution in [0.5, 0.6) is 5.75 Å². The minimum Gasteiger partial charge on any atom is -0.434 e. The molecule has 1 atom stereocenters. The number of anilines is 1. The molecule has 1 fully saturated rings. The van der Waals surface area contributed by atoms with Crippen LogP contribution >= 0.6 is 23.2 Å². The Bertz CT molecular complexity index is 953. The van der Waals surface area contributed by atoms with Crippen molar-refractivity contribution in [3.63, 3.8) is 0 Å².